The fourth-order valence-electron chi connectivity index (χ4n) is 4.22. The van der Waals surface area contributed by atoms with E-state index in [1.807, 2.05) is 0 Å². The molecule has 2 fully saturated rings. The molecular weight excluding hydrogens is 230 g/mol. The lowest BCUT2D eigenvalue weighted by Gasteiger charge is -2.37. The Morgan fingerprint density at radius 3 is 2.00 bits per heavy atom. The van der Waals surface area contributed by atoms with Crippen molar-refractivity contribution >= 4 is 0 Å². The van der Waals surface area contributed by atoms with Gasteiger partial charge in [0.05, 0.1) is 0 Å². The maximum atomic E-state index is 3.71. The second-order valence-corrected chi connectivity index (χ2v) is 6.77. The molecule has 0 unspecified atom stereocenters. The molecule has 2 aliphatic rings. The lowest BCUT2D eigenvalue weighted by Crippen LogP contribution is -2.35. The average Bonchev–Trinajstić information content (AvgIpc) is 2.47. The zero-order chi connectivity index (χ0) is 13.5. The third kappa shape index (κ3) is 4.63. The molecule has 0 heterocycles. The molecule has 0 aromatic heterocycles. The maximum absolute atomic E-state index is 3.71. The Balaban J connectivity index is 1.68. The van der Waals surface area contributed by atoms with Crippen LogP contribution in [0.2, 0.25) is 0 Å². The summed E-state index contributed by atoms with van der Waals surface area (Å²) in [5.41, 5.74) is 0. The maximum Gasteiger partial charge on any atom is 0.00672 e. The van der Waals surface area contributed by atoms with E-state index in [1.54, 1.807) is 0 Å². The second kappa shape index (κ2) is 8.09. The van der Waals surface area contributed by atoms with Crippen molar-refractivity contribution in [2.75, 3.05) is 6.54 Å². The minimum atomic E-state index is 0.829. The third-order valence-corrected chi connectivity index (χ3v) is 5.40. The minimum absolute atomic E-state index is 0.829. The second-order valence-electron chi connectivity index (χ2n) is 6.77. The van der Waals surface area contributed by atoms with Gasteiger partial charge in [-0.05, 0) is 89.0 Å². The van der Waals surface area contributed by atoms with E-state index in [2.05, 4.69) is 31.3 Å². The topological polar surface area (TPSA) is 12.0 Å². The van der Waals surface area contributed by atoms with Crippen molar-refractivity contribution in [3.05, 3.63) is 12.2 Å². The van der Waals surface area contributed by atoms with Crippen LogP contribution in [0.3, 0.4) is 0 Å². The third-order valence-electron chi connectivity index (χ3n) is 5.40. The lowest BCUT2D eigenvalue weighted by molar-refractivity contribution is 0.164. The highest BCUT2D eigenvalue weighted by molar-refractivity contribution is 4.91. The van der Waals surface area contributed by atoms with Crippen LogP contribution in [0.1, 0.15) is 71.6 Å². The summed E-state index contributed by atoms with van der Waals surface area (Å²) < 4.78 is 0. The van der Waals surface area contributed by atoms with E-state index >= 15 is 0 Å². The standard InChI is InChI=1S/C18H33N/c1-3-5-15-6-8-16(9-7-15)17-10-12-18(13-11-17)19-14-4-2/h3,5,15-19H,4,6-14H2,1-2H3/b5-3+. The van der Waals surface area contributed by atoms with Gasteiger partial charge in [0.15, 0.2) is 0 Å². The highest BCUT2D eigenvalue weighted by Crippen LogP contribution is 2.40. The minimum Gasteiger partial charge on any atom is -0.314 e. The van der Waals surface area contributed by atoms with Gasteiger partial charge >= 0.3 is 0 Å². The van der Waals surface area contributed by atoms with E-state index in [0.29, 0.717) is 0 Å². The van der Waals surface area contributed by atoms with Crippen LogP contribution in [0.4, 0.5) is 0 Å². The Morgan fingerprint density at radius 2 is 1.47 bits per heavy atom. The van der Waals surface area contributed by atoms with Crippen molar-refractivity contribution in [1.82, 2.24) is 5.32 Å². The van der Waals surface area contributed by atoms with Crippen LogP contribution in [0.5, 0.6) is 0 Å². The number of nitrogens with one attached hydrogen (secondary N) is 1. The van der Waals surface area contributed by atoms with Crippen LogP contribution in [0.25, 0.3) is 0 Å². The van der Waals surface area contributed by atoms with Crippen molar-refractivity contribution in [2.24, 2.45) is 17.8 Å². The van der Waals surface area contributed by atoms with Gasteiger partial charge in [0.1, 0.15) is 0 Å². The highest BCUT2D eigenvalue weighted by atomic mass is 14.9. The van der Waals surface area contributed by atoms with Crippen molar-refractivity contribution in [1.29, 1.82) is 0 Å². The monoisotopic (exact) mass is 263 g/mol. The summed E-state index contributed by atoms with van der Waals surface area (Å²) in [4.78, 5) is 0. The molecule has 0 aliphatic heterocycles. The summed E-state index contributed by atoms with van der Waals surface area (Å²) in [5, 5.41) is 3.71. The first-order chi connectivity index (χ1) is 9.33. The predicted molar refractivity (Wildman–Crippen MR) is 84.3 cm³/mol. The summed E-state index contributed by atoms with van der Waals surface area (Å²) in [7, 11) is 0. The van der Waals surface area contributed by atoms with Gasteiger partial charge in [0.2, 0.25) is 0 Å². The van der Waals surface area contributed by atoms with Crippen molar-refractivity contribution in [3.63, 3.8) is 0 Å². The molecule has 2 rings (SSSR count). The molecule has 110 valence electrons. The molecule has 0 aromatic carbocycles. The number of hydrogen-bond donors (Lipinski definition) is 1. The summed E-state index contributed by atoms with van der Waals surface area (Å²) >= 11 is 0. The Hall–Kier alpha value is -0.300. The zero-order valence-electron chi connectivity index (χ0n) is 13.0. The lowest BCUT2D eigenvalue weighted by atomic mass is 9.70. The SMILES string of the molecule is C/C=C/C1CCC(C2CCC(NCCC)CC2)CC1. The molecular formula is C18H33N. The van der Waals surface area contributed by atoms with Crippen LogP contribution in [0, 0.1) is 17.8 Å². The highest BCUT2D eigenvalue weighted by Gasteiger charge is 2.29. The van der Waals surface area contributed by atoms with Crippen molar-refractivity contribution < 1.29 is 0 Å². The molecule has 0 bridgehead atoms. The van der Waals surface area contributed by atoms with E-state index < -0.39 is 0 Å². The Morgan fingerprint density at radius 1 is 0.895 bits per heavy atom. The first-order valence-corrected chi connectivity index (χ1v) is 8.69. The van der Waals surface area contributed by atoms with Gasteiger partial charge in [-0.15, -0.1) is 0 Å². The van der Waals surface area contributed by atoms with Gasteiger partial charge in [-0.2, -0.15) is 0 Å². The van der Waals surface area contributed by atoms with Crippen LogP contribution >= 0.6 is 0 Å². The van der Waals surface area contributed by atoms with Crippen molar-refractivity contribution in [3.8, 4) is 0 Å². The average molecular weight is 263 g/mol. The van der Waals surface area contributed by atoms with Crippen LogP contribution in [-0.4, -0.2) is 12.6 Å². The summed E-state index contributed by atoms with van der Waals surface area (Å²) in [6.45, 7) is 5.64. The van der Waals surface area contributed by atoms with E-state index in [1.165, 1.54) is 64.3 Å². The zero-order valence-corrected chi connectivity index (χ0v) is 13.0. The van der Waals surface area contributed by atoms with Gasteiger partial charge in [0.25, 0.3) is 0 Å². The fraction of sp³-hybridized carbons (Fsp3) is 0.889. The molecule has 0 atom stereocenters. The molecule has 19 heavy (non-hydrogen) atoms. The Bertz CT molecular complexity index is 255. The molecule has 0 saturated heterocycles. The normalized spacial score (nSPS) is 36.7. The summed E-state index contributed by atoms with van der Waals surface area (Å²) in [6.07, 6.45) is 17.7. The van der Waals surface area contributed by atoms with E-state index in [4.69, 9.17) is 0 Å². The van der Waals surface area contributed by atoms with Crippen molar-refractivity contribution in [2.45, 2.75) is 77.7 Å². The van der Waals surface area contributed by atoms with Gasteiger partial charge in [-0.1, -0.05) is 19.1 Å². The molecule has 0 amide bonds. The largest absolute Gasteiger partial charge is 0.314 e. The van der Waals surface area contributed by atoms with Gasteiger partial charge in [-0.25, -0.2) is 0 Å². The predicted octanol–water partition coefficient (Wildman–Crippen LogP) is 4.93. The summed E-state index contributed by atoms with van der Waals surface area (Å²) in [5.74, 6) is 2.99. The number of rotatable bonds is 5. The molecule has 1 heteroatoms. The van der Waals surface area contributed by atoms with Gasteiger partial charge < -0.3 is 5.32 Å². The molecule has 0 radical (unpaired) electrons. The van der Waals surface area contributed by atoms with Crippen LogP contribution < -0.4 is 5.32 Å². The molecule has 0 aromatic rings. The fourth-order valence-corrected chi connectivity index (χ4v) is 4.22. The molecule has 1 nitrogen and oxygen atoms in total. The summed E-state index contributed by atoms with van der Waals surface area (Å²) in [6, 6.07) is 0.829. The van der Waals surface area contributed by atoms with Crippen LogP contribution in [0.15, 0.2) is 12.2 Å². The van der Waals surface area contributed by atoms with Crippen LogP contribution in [-0.2, 0) is 0 Å². The first-order valence-electron chi connectivity index (χ1n) is 8.69. The number of allylic oxidation sites excluding steroid dienone is 2. The quantitative estimate of drug-likeness (QED) is 0.694. The molecule has 1 N–H and O–H groups in total. The van der Waals surface area contributed by atoms with Gasteiger partial charge in [0, 0.05) is 6.04 Å². The molecule has 2 aliphatic carbocycles. The van der Waals surface area contributed by atoms with E-state index in [-0.39, 0.29) is 0 Å². The first kappa shape index (κ1) is 15.1. The van der Waals surface area contributed by atoms with Gasteiger partial charge in [-0.3, -0.25) is 0 Å². The van der Waals surface area contributed by atoms with E-state index in [9.17, 15) is 0 Å². The van der Waals surface area contributed by atoms with E-state index in [0.717, 1.165) is 23.8 Å². The Kier molecular flexibility index (Phi) is 6.43. The Labute approximate surface area is 120 Å². The smallest absolute Gasteiger partial charge is 0.00672 e. The molecule has 0 spiro atoms. The molecule has 2 saturated carbocycles. The number of hydrogen-bond acceptors (Lipinski definition) is 1.